The largest absolute Gasteiger partial charge is 0.497 e. The topological polar surface area (TPSA) is 72.5 Å². The van der Waals surface area contributed by atoms with Crippen molar-refractivity contribution in [3.05, 3.63) is 64.9 Å². The van der Waals surface area contributed by atoms with Crippen LogP contribution in [0.25, 0.3) is 11.0 Å². The first-order chi connectivity index (χ1) is 11.6. The van der Waals surface area contributed by atoms with E-state index in [2.05, 4.69) is 6.07 Å². The molecule has 0 aliphatic carbocycles. The maximum Gasteiger partial charge on any atom is 0.374 e. The van der Waals surface area contributed by atoms with Gasteiger partial charge in [0.2, 0.25) is 5.76 Å². The van der Waals surface area contributed by atoms with Gasteiger partial charge in [0.05, 0.1) is 18.7 Å². The Balaban J connectivity index is 1.81. The normalized spacial score (nSPS) is 10.4. The second-order valence-electron chi connectivity index (χ2n) is 5.31. The van der Waals surface area contributed by atoms with Crippen LogP contribution >= 0.6 is 0 Å². The van der Waals surface area contributed by atoms with Crippen molar-refractivity contribution in [2.75, 3.05) is 7.11 Å². The van der Waals surface area contributed by atoms with Crippen molar-refractivity contribution in [3.8, 4) is 11.8 Å². The number of carbonyl (C=O) groups excluding carboxylic acids is 1. The Hall–Kier alpha value is -3.26. The Kier molecular flexibility index (Phi) is 4.21. The lowest BCUT2D eigenvalue weighted by Crippen LogP contribution is -2.05. The molecule has 5 heteroatoms. The Morgan fingerprint density at radius 1 is 1.25 bits per heavy atom. The maximum absolute atomic E-state index is 12.3. The van der Waals surface area contributed by atoms with Crippen molar-refractivity contribution in [1.82, 2.24) is 0 Å². The highest BCUT2D eigenvalue weighted by molar-refractivity contribution is 5.96. The summed E-state index contributed by atoms with van der Waals surface area (Å²) in [5.74, 6) is 0.333. The Bertz CT molecular complexity index is 950. The quantitative estimate of drug-likeness (QED) is 0.680. The summed E-state index contributed by atoms with van der Waals surface area (Å²) in [7, 11) is 1.58. The summed E-state index contributed by atoms with van der Waals surface area (Å²) in [6.45, 7) is 1.88. The molecule has 0 aliphatic rings. The number of nitrogens with zero attached hydrogens (tertiary/aromatic N) is 1. The van der Waals surface area contributed by atoms with E-state index in [-0.39, 0.29) is 12.4 Å². The SMILES string of the molecule is COc1ccc2oc(C(=O)OCc3cccc(C#N)c3)c(C)c2c1. The van der Waals surface area contributed by atoms with Gasteiger partial charge in [0.1, 0.15) is 17.9 Å². The molecule has 24 heavy (non-hydrogen) atoms. The molecule has 0 amide bonds. The lowest BCUT2D eigenvalue weighted by atomic mass is 10.1. The third-order valence-electron chi connectivity index (χ3n) is 3.75. The van der Waals surface area contributed by atoms with Crippen LogP contribution in [0, 0.1) is 18.3 Å². The number of hydrogen-bond donors (Lipinski definition) is 0. The van der Waals surface area contributed by atoms with Gasteiger partial charge in [-0.15, -0.1) is 0 Å². The van der Waals surface area contributed by atoms with Gasteiger partial charge in [-0.2, -0.15) is 5.26 Å². The highest BCUT2D eigenvalue weighted by Gasteiger charge is 2.19. The number of methoxy groups -OCH3 is 1. The van der Waals surface area contributed by atoms with Gasteiger partial charge >= 0.3 is 5.97 Å². The van der Waals surface area contributed by atoms with Crippen LogP contribution < -0.4 is 4.74 Å². The summed E-state index contributed by atoms with van der Waals surface area (Å²) in [6, 6.07) is 14.3. The van der Waals surface area contributed by atoms with E-state index in [0.717, 1.165) is 10.9 Å². The van der Waals surface area contributed by atoms with E-state index in [0.29, 0.717) is 22.5 Å². The molecule has 0 bridgehead atoms. The number of fused-ring (bicyclic) bond motifs is 1. The minimum atomic E-state index is -0.537. The predicted molar refractivity (Wildman–Crippen MR) is 87.8 cm³/mol. The number of furan rings is 1. The molecule has 0 atom stereocenters. The number of hydrogen-bond acceptors (Lipinski definition) is 5. The summed E-state index contributed by atoms with van der Waals surface area (Å²) < 4.78 is 16.1. The molecule has 120 valence electrons. The van der Waals surface area contributed by atoms with Crippen molar-refractivity contribution in [1.29, 1.82) is 5.26 Å². The molecule has 3 rings (SSSR count). The van der Waals surface area contributed by atoms with Gasteiger partial charge < -0.3 is 13.9 Å². The van der Waals surface area contributed by atoms with E-state index >= 15 is 0 Å². The van der Waals surface area contributed by atoms with Gasteiger partial charge in [0.15, 0.2) is 0 Å². The van der Waals surface area contributed by atoms with Gasteiger partial charge in [-0.3, -0.25) is 0 Å². The van der Waals surface area contributed by atoms with Gasteiger partial charge in [0, 0.05) is 10.9 Å². The van der Waals surface area contributed by atoms with E-state index < -0.39 is 5.97 Å². The second kappa shape index (κ2) is 6.47. The molecule has 0 fully saturated rings. The zero-order valence-corrected chi connectivity index (χ0v) is 13.3. The maximum atomic E-state index is 12.3. The first kappa shape index (κ1) is 15.6. The standard InChI is InChI=1S/C19H15NO4/c1-12-16-9-15(22-2)6-7-17(16)24-18(12)19(21)23-11-14-5-3-4-13(8-14)10-20/h3-9H,11H2,1-2H3. The van der Waals surface area contributed by atoms with Crippen molar-refractivity contribution >= 4 is 16.9 Å². The van der Waals surface area contributed by atoms with Crippen LogP contribution in [0.3, 0.4) is 0 Å². The van der Waals surface area contributed by atoms with Gasteiger partial charge in [-0.1, -0.05) is 12.1 Å². The average molecular weight is 321 g/mol. The van der Waals surface area contributed by atoms with Crippen molar-refractivity contribution in [2.24, 2.45) is 0 Å². The minimum Gasteiger partial charge on any atom is -0.497 e. The summed E-state index contributed by atoms with van der Waals surface area (Å²) in [4.78, 5) is 12.3. The van der Waals surface area contributed by atoms with Gasteiger partial charge in [0.25, 0.3) is 0 Å². The molecular formula is C19H15NO4. The minimum absolute atomic E-state index is 0.0775. The third-order valence-corrected chi connectivity index (χ3v) is 3.75. The molecule has 0 unspecified atom stereocenters. The smallest absolute Gasteiger partial charge is 0.374 e. The Labute approximate surface area is 139 Å². The van der Waals surface area contributed by atoms with Crippen LogP contribution in [0.4, 0.5) is 0 Å². The van der Waals surface area contributed by atoms with Crippen LogP contribution in [0.15, 0.2) is 46.9 Å². The van der Waals surface area contributed by atoms with Crippen LogP contribution in [0.2, 0.25) is 0 Å². The molecule has 0 saturated heterocycles. The van der Waals surface area contributed by atoms with Crippen molar-refractivity contribution in [3.63, 3.8) is 0 Å². The summed E-state index contributed by atoms with van der Waals surface area (Å²) in [5, 5.41) is 9.71. The predicted octanol–water partition coefficient (Wildman–Crippen LogP) is 3.98. The summed E-state index contributed by atoms with van der Waals surface area (Å²) in [5.41, 5.74) is 2.58. The fourth-order valence-corrected chi connectivity index (χ4v) is 2.47. The molecular weight excluding hydrogens is 306 g/mol. The van der Waals surface area contributed by atoms with Gasteiger partial charge in [-0.25, -0.2) is 4.79 Å². The number of aryl methyl sites for hydroxylation is 1. The molecule has 3 aromatic rings. The zero-order chi connectivity index (χ0) is 17.1. The fourth-order valence-electron chi connectivity index (χ4n) is 2.47. The number of ether oxygens (including phenoxy) is 2. The zero-order valence-electron chi connectivity index (χ0n) is 13.3. The van der Waals surface area contributed by atoms with Crippen LogP contribution in [0.1, 0.15) is 27.2 Å². The average Bonchev–Trinajstić information content (AvgIpc) is 2.96. The highest BCUT2D eigenvalue weighted by Crippen LogP contribution is 2.29. The van der Waals surface area contributed by atoms with E-state index in [1.165, 1.54) is 0 Å². The number of rotatable bonds is 4. The van der Waals surface area contributed by atoms with Crippen LogP contribution in [-0.4, -0.2) is 13.1 Å². The molecule has 1 heterocycles. The van der Waals surface area contributed by atoms with Crippen LogP contribution in [-0.2, 0) is 11.3 Å². The summed E-state index contributed by atoms with van der Waals surface area (Å²) in [6.07, 6.45) is 0. The lowest BCUT2D eigenvalue weighted by Gasteiger charge is -2.04. The molecule has 0 radical (unpaired) electrons. The number of carbonyl (C=O) groups is 1. The monoisotopic (exact) mass is 321 g/mol. The summed E-state index contributed by atoms with van der Waals surface area (Å²) >= 11 is 0. The number of esters is 1. The molecule has 0 N–H and O–H groups in total. The Morgan fingerprint density at radius 2 is 2.08 bits per heavy atom. The van der Waals surface area contributed by atoms with E-state index in [1.54, 1.807) is 50.4 Å². The molecule has 1 aromatic heterocycles. The fraction of sp³-hybridized carbons (Fsp3) is 0.158. The van der Waals surface area contributed by atoms with E-state index in [9.17, 15) is 4.79 Å². The highest BCUT2D eigenvalue weighted by atomic mass is 16.5. The lowest BCUT2D eigenvalue weighted by molar-refractivity contribution is 0.0437. The first-order valence-electron chi connectivity index (χ1n) is 7.35. The first-order valence-corrected chi connectivity index (χ1v) is 7.35. The third kappa shape index (κ3) is 2.95. The second-order valence-corrected chi connectivity index (χ2v) is 5.31. The number of benzene rings is 2. The van der Waals surface area contributed by atoms with Gasteiger partial charge in [-0.05, 0) is 42.8 Å². The molecule has 0 spiro atoms. The van der Waals surface area contributed by atoms with E-state index in [4.69, 9.17) is 19.2 Å². The van der Waals surface area contributed by atoms with E-state index in [1.807, 2.05) is 6.07 Å². The number of nitriles is 1. The van der Waals surface area contributed by atoms with Crippen molar-refractivity contribution in [2.45, 2.75) is 13.5 Å². The molecule has 5 nitrogen and oxygen atoms in total. The van der Waals surface area contributed by atoms with Crippen LogP contribution in [0.5, 0.6) is 5.75 Å². The molecule has 0 saturated carbocycles. The van der Waals surface area contributed by atoms with Crippen molar-refractivity contribution < 1.29 is 18.7 Å². The molecule has 0 aliphatic heterocycles. The molecule has 2 aromatic carbocycles. The Morgan fingerprint density at radius 3 is 2.83 bits per heavy atom.